The third kappa shape index (κ3) is 6.87. The molecule has 144 valence electrons. The average Bonchev–Trinajstić information content (AvgIpc) is 2.69. The molecule has 2 aromatic carbocycles. The van der Waals surface area contributed by atoms with Crippen LogP contribution in [0.3, 0.4) is 0 Å². The maximum Gasteiger partial charge on any atom is 0.242 e. The molecule has 2 amide bonds. The zero-order valence-electron chi connectivity index (χ0n) is 16.1. The maximum absolute atomic E-state index is 12.7. The Morgan fingerprint density at radius 2 is 1.52 bits per heavy atom. The number of carbonyl (C=O) groups excluding carboxylic acids is 2. The van der Waals surface area contributed by atoms with Gasteiger partial charge in [0.15, 0.2) is 0 Å². The zero-order chi connectivity index (χ0) is 19.6. The van der Waals surface area contributed by atoms with Crippen molar-refractivity contribution in [3.8, 4) is 0 Å². The molecule has 0 aromatic heterocycles. The van der Waals surface area contributed by atoms with E-state index in [0.29, 0.717) is 13.1 Å². The minimum Gasteiger partial charge on any atom is -0.346 e. The maximum atomic E-state index is 12.7. The first-order valence-electron chi connectivity index (χ1n) is 9.36. The minimum absolute atomic E-state index is 0.0265. The molecule has 3 N–H and O–H groups in total. The van der Waals surface area contributed by atoms with E-state index in [2.05, 4.69) is 17.4 Å². The van der Waals surface area contributed by atoms with Gasteiger partial charge >= 0.3 is 0 Å². The fourth-order valence-electron chi connectivity index (χ4n) is 2.70. The van der Waals surface area contributed by atoms with E-state index >= 15 is 0 Å². The molecule has 0 aliphatic heterocycles. The molecule has 0 fully saturated rings. The van der Waals surface area contributed by atoms with Crippen LogP contribution in [0.2, 0.25) is 0 Å². The third-order valence-corrected chi connectivity index (χ3v) is 4.52. The summed E-state index contributed by atoms with van der Waals surface area (Å²) >= 11 is 0. The van der Waals surface area contributed by atoms with Crippen LogP contribution in [0.15, 0.2) is 60.7 Å². The lowest BCUT2D eigenvalue weighted by Crippen LogP contribution is -2.48. The fraction of sp³-hybridized carbons (Fsp3) is 0.364. The standard InChI is InChI=1S/C22H29N3O2/c1-17(2)21(23)22(27)24-15-20(26)25(16-19-11-7-4-8-12-19)14-13-18-9-5-3-6-10-18/h3-12,17,21H,13-16,23H2,1-2H3,(H,24,27)/t21-/m0/s1. The normalized spacial score (nSPS) is 11.9. The molecule has 5 heteroatoms. The molecule has 2 aromatic rings. The Balaban J connectivity index is 1.99. The van der Waals surface area contributed by atoms with Crippen molar-refractivity contribution in [3.05, 3.63) is 71.8 Å². The van der Waals surface area contributed by atoms with Crippen LogP contribution >= 0.6 is 0 Å². The van der Waals surface area contributed by atoms with Gasteiger partial charge in [0, 0.05) is 13.1 Å². The third-order valence-electron chi connectivity index (χ3n) is 4.52. The first-order valence-corrected chi connectivity index (χ1v) is 9.36. The molecule has 0 saturated carbocycles. The topological polar surface area (TPSA) is 75.4 Å². The first-order chi connectivity index (χ1) is 13.0. The Hall–Kier alpha value is -2.66. The molecule has 5 nitrogen and oxygen atoms in total. The van der Waals surface area contributed by atoms with Crippen molar-refractivity contribution in [1.82, 2.24) is 10.2 Å². The smallest absolute Gasteiger partial charge is 0.242 e. The Morgan fingerprint density at radius 3 is 2.07 bits per heavy atom. The second-order valence-electron chi connectivity index (χ2n) is 7.02. The number of rotatable bonds is 9. The molecule has 2 rings (SSSR count). The van der Waals surface area contributed by atoms with E-state index in [-0.39, 0.29) is 24.3 Å². The summed E-state index contributed by atoms with van der Waals surface area (Å²) in [6.07, 6.45) is 0.763. The van der Waals surface area contributed by atoms with Crippen molar-refractivity contribution in [1.29, 1.82) is 0 Å². The van der Waals surface area contributed by atoms with Gasteiger partial charge < -0.3 is 16.0 Å². The quantitative estimate of drug-likeness (QED) is 0.714. The van der Waals surface area contributed by atoms with Crippen molar-refractivity contribution in [3.63, 3.8) is 0 Å². The van der Waals surface area contributed by atoms with Crippen LogP contribution in [-0.4, -0.2) is 35.8 Å². The SMILES string of the molecule is CC(C)[C@H](N)C(=O)NCC(=O)N(CCc1ccccc1)Cc1ccccc1. The predicted molar refractivity (Wildman–Crippen MR) is 108 cm³/mol. The monoisotopic (exact) mass is 367 g/mol. The van der Waals surface area contributed by atoms with Gasteiger partial charge in [0.2, 0.25) is 11.8 Å². The molecule has 0 aliphatic carbocycles. The largest absolute Gasteiger partial charge is 0.346 e. The summed E-state index contributed by atoms with van der Waals surface area (Å²) in [7, 11) is 0. The number of hydrogen-bond donors (Lipinski definition) is 2. The van der Waals surface area contributed by atoms with Crippen LogP contribution in [0.4, 0.5) is 0 Å². The Labute approximate surface area is 161 Å². The summed E-state index contributed by atoms with van der Waals surface area (Å²) in [6.45, 7) is 4.82. The highest BCUT2D eigenvalue weighted by Gasteiger charge is 2.20. The van der Waals surface area contributed by atoms with Crippen molar-refractivity contribution in [2.45, 2.75) is 32.9 Å². The van der Waals surface area contributed by atoms with E-state index in [1.807, 2.05) is 62.4 Å². The number of amides is 2. The van der Waals surface area contributed by atoms with Crippen LogP contribution in [0.5, 0.6) is 0 Å². The molecule has 0 saturated heterocycles. The molecule has 27 heavy (non-hydrogen) atoms. The Kier molecular flexibility index (Phi) is 8.01. The van der Waals surface area contributed by atoms with Crippen molar-refractivity contribution in [2.75, 3.05) is 13.1 Å². The second kappa shape index (κ2) is 10.5. The van der Waals surface area contributed by atoms with Gasteiger partial charge in [-0.15, -0.1) is 0 Å². The summed E-state index contributed by atoms with van der Waals surface area (Å²) in [6, 6.07) is 19.3. The average molecular weight is 367 g/mol. The van der Waals surface area contributed by atoms with E-state index in [4.69, 9.17) is 5.73 Å². The van der Waals surface area contributed by atoms with Gasteiger partial charge in [0.25, 0.3) is 0 Å². The summed E-state index contributed by atoms with van der Waals surface area (Å²) < 4.78 is 0. The van der Waals surface area contributed by atoms with Gasteiger partial charge in [-0.25, -0.2) is 0 Å². The molecule has 0 unspecified atom stereocenters. The fourth-order valence-corrected chi connectivity index (χ4v) is 2.70. The summed E-state index contributed by atoms with van der Waals surface area (Å²) in [4.78, 5) is 26.6. The van der Waals surface area contributed by atoms with Crippen molar-refractivity contribution in [2.24, 2.45) is 11.7 Å². The predicted octanol–water partition coefficient (Wildman–Crippen LogP) is 2.36. The van der Waals surface area contributed by atoms with E-state index < -0.39 is 6.04 Å². The lowest BCUT2D eigenvalue weighted by molar-refractivity contribution is -0.133. The summed E-state index contributed by atoms with van der Waals surface area (Å²) in [5.74, 6) is -0.376. The molecule has 0 bridgehead atoms. The van der Waals surface area contributed by atoms with Crippen LogP contribution < -0.4 is 11.1 Å². The van der Waals surface area contributed by atoms with Crippen molar-refractivity contribution >= 4 is 11.8 Å². The highest BCUT2D eigenvalue weighted by molar-refractivity contribution is 5.87. The van der Waals surface area contributed by atoms with E-state index in [9.17, 15) is 9.59 Å². The Bertz CT molecular complexity index is 717. The lowest BCUT2D eigenvalue weighted by atomic mass is 10.1. The van der Waals surface area contributed by atoms with Gasteiger partial charge in [-0.2, -0.15) is 0 Å². The first kappa shape index (κ1) is 20.6. The van der Waals surface area contributed by atoms with Crippen LogP contribution in [0.1, 0.15) is 25.0 Å². The molecule has 0 radical (unpaired) electrons. The van der Waals surface area contributed by atoms with Crippen LogP contribution in [0.25, 0.3) is 0 Å². The molecule has 0 aliphatic rings. The number of nitrogens with one attached hydrogen (secondary N) is 1. The summed E-state index contributed by atoms with van der Waals surface area (Å²) in [5.41, 5.74) is 8.08. The Morgan fingerprint density at radius 1 is 0.963 bits per heavy atom. The number of nitrogens with two attached hydrogens (primary N) is 1. The van der Waals surface area contributed by atoms with Crippen LogP contribution in [0, 0.1) is 5.92 Å². The summed E-state index contributed by atoms with van der Waals surface area (Å²) in [5, 5.41) is 2.67. The van der Waals surface area contributed by atoms with Gasteiger partial charge in [0.05, 0.1) is 12.6 Å². The molecule has 0 heterocycles. The van der Waals surface area contributed by atoms with Gasteiger partial charge in [-0.1, -0.05) is 74.5 Å². The van der Waals surface area contributed by atoms with Gasteiger partial charge in [0.1, 0.15) is 0 Å². The number of carbonyl (C=O) groups is 2. The zero-order valence-corrected chi connectivity index (χ0v) is 16.1. The second-order valence-corrected chi connectivity index (χ2v) is 7.02. The molecular weight excluding hydrogens is 338 g/mol. The van der Waals surface area contributed by atoms with Crippen LogP contribution in [-0.2, 0) is 22.6 Å². The number of hydrogen-bond acceptors (Lipinski definition) is 3. The lowest BCUT2D eigenvalue weighted by Gasteiger charge is -2.24. The number of nitrogens with zero attached hydrogens (tertiary/aromatic N) is 1. The van der Waals surface area contributed by atoms with E-state index in [1.165, 1.54) is 5.56 Å². The van der Waals surface area contributed by atoms with Gasteiger partial charge in [-0.05, 0) is 23.5 Å². The van der Waals surface area contributed by atoms with Crippen molar-refractivity contribution < 1.29 is 9.59 Å². The molecular formula is C22H29N3O2. The highest BCUT2D eigenvalue weighted by Crippen LogP contribution is 2.08. The van der Waals surface area contributed by atoms with E-state index in [0.717, 1.165) is 12.0 Å². The highest BCUT2D eigenvalue weighted by atomic mass is 16.2. The minimum atomic E-state index is -0.607. The number of benzene rings is 2. The molecule has 0 spiro atoms. The van der Waals surface area contributed by atoms with E-state index in [1.54, 1.807) is 4.90 Å². The van der Waals surface area contributed by atoms with Gasteiger partial charge in [-0.3, -0.25) is 9.59 Å². The molecule has 1 atom stereocenters.